The Balaban J connectivity index is 0.00000420. The second kappa shape index (κ2) is 13.8. The zero-order valence-electron chi connectivity index (χ0n) is 18.2. The fourth-order valence-corrected chi connectivity index (χ4v) is 3.42. The van der Waals surface area contributed by atoms with E-state index in [1.807, 2.05) is 11.8 Å². The molecule has 1 aromatic rings. The molecular formula is C22H37IN4O2. The Kier molecular flexibility index (Phi) is 12.2. The van der Waals surface area contributed by atoms with Crippen molar-refractivity contribution in [3.05, 3.63) is 35.4 Å². The number of ether oxygens (including phenoxy) is 1. The fourth-order valence-electron chi connectivity index (χ4n) is 3.42. The molecule has 0 saturated carbocycles. The molecule has 1 atom stereocenters. The van der Waals surface area contributed by atoms with Gasteiger partial charge in [0, 0.05) is 46.3 Å². The Morgan fingerprint density at radius 1 is 1.21 bits per heavy atom. The molecule has 6 nitrogen and oxygen atoms in total. The maximum atomic E-state index is 11.7. The van der Waals surface area contributed by atoms with Crippen molar-refractivity contribution in [2.24, 2.45) is 10.9 Å². The van der Waals surface area contributed by atoms with Crippen molar-refractivity contribution >= 4 is 35.8 Å². The van der Waals surface area contributed by atoms with Crippen molar-refractivity contribution in [3.8, 4) is 0 Å². The average Bonchev–Trinajstić information content (AvgIpc) is 3.09. The fraction of sp³-hybridized carbons (Fsp3) is 0.636. The summed E-state index contributed by atoms with van der Waals surface area (Å²) >= 11 is 0. The molecule has 2 rings (SSSR count). The van der Waals surface area contributed by atoms with E-state index >= 15 is 0 Å². The highest BCUT2D eigenvalue weighted by Gasteiger charge is 2.19. The molecular weight excluding hydrogens is 479 g/mol. The number of hydrogen-bond acceptors (Lipinski definition) is 3. The summed E-state index contributed by atoms with van der Waals surface area (Å²) < 4.78 is 5.79. The lowest BCUT2D eigenvalue weighted by atomic mass is 10.0. The lowest BCUT2D eigenvalue weighted by molar-refractivity contribution is -0.128. The summed E-state index contributed by atoms with van der Waals surface area (Å²) in [7, 11) is 1.79. The summed E-state index contributed by atoms with van der Waals surface area (Å²) in [5.74, 6) is 1.57. The van der Waals surface area contributed by atoms with E-state index in [-0.39, 0.29) is 36.0 Å². The highest BCUT2D eigenvalue weighted by Crippen LogP contribution is 2.15. The number of rotatable bonds is 10. The van der Waals surface area contributed by atoms with Gasteiger partial charge in [-0.05, 0) is 36.8 Å². The minimum atomic E-state index is 0. The van der Waals surface area contributed by atoms with Crippen LogP contribution in [0.5, 0.6) is 0 Å². The third-order valence-corrected chi connectivity index (χ3v) is 5.10. The van der Waals surface area contributed by atoms with Crippen LogP contribution >= 0.6 is 24.0 Å². The third kappa shape index (κ3) is 8.90. The van der Waals surface area contributed by atoms with Gasteiger partial charge in [0.15, 0.2) is 5.96 Å². The number of halogens is 1. The maximum absolute atomic E-state index is 11.7. The number of nitrogens with zero attached hydrogens (tertiary/aromatic N) is 2. The van der Waals surface area contributed by atoms with Gasteiger partial charge >= 0.3 is 0 Å². The summed E-state index contributed by atoms with van der Waals surface area (Å²) in [6, 6.07) is 8.43. The molecule has 164 valence electrons. The van der Waals surface area contributed by atoms with Crippen molar-refractivity contribution in [1.82, 2.24) is 15.5 Å². The SMILES string of the molecule is CCOC(CCNC(=NC)NCc1ccc(CN2CCCC2=O)cc1)C(C)C.I. The van der Waals surface area contributed by atoms with Crippen molar-refractivity contribution in [1.29, 1.82) is 0 Å². The molecule has 1 amide bonds. The van der Waals surface area contributed by atoms with E-state index in [0.717, 1.165) is 38.5 Å². The Hall–Kier alpha value is -1.35. The Morgan fingerprint density at radius 2 is 1.90 bits per heavy atom. The van der Waals surface area contributed by atoms with Crippen LogP contribution in [0, 0.1) is 5.92 Å². The summed E-state index contributed by atoms with van der Waals surface area (Å²) in [5.41, 5.74) is 2.37. The molecule has 1 aliphatic heterocycles. The van der Waals surface area contributed by atoms with Crippen LogP contribution in [-0.4, -0.2) is 49.6 Å². The Labute approximate surface area is 192 Å². The molecule has 29 heavy (non-hydrogen) atoms. The highest BCUT2D eigenvalue weighted by atomic mass is 127. The van der Waals surface area contributed by atoms with Crippen molar-refractivity contribution in [2.45, 2.75) is 59.2 Å². The van der Waals surface area contributed by atoms with Crippen molar-refractivity contribution in [3.63, 3.8) is 0 Å². The molecule has 0 aromatic heterocycles. The van der Waals surface area contributed by atoms with Crippen molar-refractivity contribution < 1.29 is 9.53 Å². The van der Waals surface area contributed by atoms with Crippen LogP contribution < -0.4 is 10.6 Å². The summed E-state index contributed by atoms with van der Waals surface area (Å²) in [5, 5.41) is 6.72. The lowest BCUT2D eigenvalue weighted by Crippen LogP contribution is -2.38. The van der Waals surface area contributed by atoms with Crippen LogP contribution in [0.25, 0.3) is 0 Å². The molecule has 0 aliphatic carbocycles. The quantitative estimate of drug-likeness (QED) is 0.284. The number of benzene rings is 1. The first-order valence-corrected chi connectivity index (χ1v) is 10.4. The molecule has 2 N–H and O–H groups in total. The monoisotopic (exact) mass is 516 g/mol. The molecule has 1 aromatic carbocycles. The van der Waals surface area contributed by atoms with E-state index in [9.17, 15) is 4.79 Å². The van der Waals surface area contributed by atoms with E-state index in [4.69, 9.17) is 4.74 Å². The predicted octanol–water partition coefficient (Wildman–Crippen LogP) is 3.54. The largest absolute Gasteiger partial charge is 0.378 e. The van der Waals surface area contributed by atoms with Gasteiger partial charge in [-0.2, -0.15) is 0 Å². The summed E-state index contributed by atoms with van der Waals surface area (Å²) in [6.45, 7) is 10.3. The van der Waals surface area contributed by atoms with Gasteiger partial charge in [-0.1, -0.05) is 38.1 Å². The standard InChI is InChI=1S/C22H36N4O2.HI/c1-5-28-20(17(2)3)12-13-24-22(23-4)25-15-18-8-10-19(11-9-18)16-26-14-6-7-21(26)27;/h8-11,17,20H,5-7,12-16H2,1-4H3,(H2,23,24,25);1H. The molecule has 1 fully saturated rings. The number of hydrogen-bond donors (Lipinski definition) is 2. The zero-order valence-corrected chi connectivity index (χ0v) is 20.6. The average molecular weight is 516 g/mol. The maximum Gasteiger partial charge on any atom is 0.222 e. The number of carbonyl (C=O) groups is 1. The molecule has 0 bridgehead atoms. The predicted molar refractivity (Wildman–Crippen MR) is 130 cm³/mol. The van der Waals surface area contributed by atoms with Crippen LogP contribution in [0.2, 0.25) is 0 Å². The van der Waals surface area contributed by atoms with Crippen LogP contribution in [0.3, 0.4) is 0 Å². The van der Waals surface area contributed by atoms with Gasteiger partial charge in [-0.25, -0.2) is 0 Å². The molecule has 1 aliphatic rings. The first-order chi connectivity index (χ1) is 13.5. The van der Waals surface area contributed by atoms with Crippen LogP contribution in [0.15, 0.2) is 29.3 Å². The number of nitrogens with one attached hydrogen (secondary N) is 2. The summed E-state index contributed by atoms with van der Waals surface area (Å²) in [6.07, 6.45) is 2.90. The number of amides is 1. The number of aliphatic imine (C=N–C) groups is 1. The van der Waals surface area contributed by atoms with Gasteiger partial charge in [0.1, 0.15) is 0 Å². The van der Waals surface area contributed by atoms with Gasteiger partial charge in [0.25, 0.3) is 0 Å². The van der Waals surface area contributed by atoms with Crippen LogP contribution in [-0.2, 0) is 22.6 Å². The lowest BCUT2D eigenvalue weighted by Gasteiger charge is -2.21. The van der Waals surface area contributed by atoms with Gasteiger partial charge in [-0.15, -0.1) is 24.0 Å². The molecule has 1 saturated heterocycles. The molecule has 7 heteroatoms. The number of likely N-dealkylation sites (tertiary alicyclic amines) is 1. The highest BCUT2D eigenvalue weighted by molar-refractivity contribution is 14.0. The summed E-state index contributed by atoms with van der Waals surface area (Å²) in [4.78, 5) is 18.0. The van der Waals surface area contributed by atoms with Crippen LogP contribution in [0.4, 0.5) is 0 Å². The van der Waals surface area contributed by atoms with Gasteiger partial charge in [0.05, 0.1) is 6.10 Å². The Morgan fingerprint density at radius 3 is 2.45 bits per heavy atom. The minimum absolute atomic E-state index is 0. The van der Waals surface area contributed by atoms with E-state index in [0.29, 0.717) is 25.4 Å². The second-order valence-corrected chi connectivity index (χ2v) is 7.61. The smallest absolute Gasteiger partial charge is 0.222 e. The molecule has 1 heterocycles. The molecule has 0 radical (unpaired) electrons. The van der Waals surface area contributed by atoms with Gasteiger partial charge < -0.3 is 20.3 Å². The van der Waals surface area contributed by atoms with Crippen molar-refractivity contribution in [2.75, 3.05) is 26.7 Å². The van der Waals surface area contributed by atoms with Gasteiger partial charge in [0.2, 0.25) is 5.91 Å². The van der Waals surface area contributed by atoms with Crippen LogP contribution in [0.1, 0.15) is 51.2 Å². The normalized spacial score (nSPS) is 15.4. The van der Waals surface area contributed by atoms with Gasteiger partial charge in [-0.3, -0.25) is 9.79 Å². The van der Waals surface area contributed by atoms with E-state index in [2.05, 4.69) is 53.7 Å². The van der Waals surface area contributed by atoms with E-state index in [1.54, 1.807) is 7.05 Å². The Bertz CT molecular complexity index is 634. The topological polar surface area (TPSA) is 66.0 Å². The first kappa shape index (κ1) is 25.7. The minimum Gasteiger partial charge on any atom is -0.378 e. The van der Waals surface area contributed by atoms with E-state index in [1.165, 1.54) is 11.1 Å². The first-order valence-electron chi connectivity index (χ1n) is 10.4. The second-order valence-electron chi connectivity index (χ2n) is 7.61. The zero-order chi connectivity index (χ0) is 20.4. The number of carbonyl (C=O) groups excluding carboxylic acids is 1. The molecule has 0 spiro atoms. The third-order valence-electron chi connectivity index (χ3n) is 5.10. The number of guanidine groups is 1. The molecule has 1 unspecified atom stereocenters. The van der Waals surface area contributed by atoms with E-state index < -0.39 is 0 Å².